The molecule has 2 N–H and O–H groups in total. The van der Waals surface area contributed by atoms with Crippen molar-refractivity contribution in [2.45, 2.75) is 0 Å². The van der Waals surface area contributed by atoms with Crippen molar-refractivity contribution in [3.8, 4) is 0 Å². The van der Waals surface area contributed by atoms with Crippen LogP contribution in [0.4, 0.5) is 0 Å². The second-order valence-electron chi connectivity index (χ2n) is 0.596. The molecule has 0 spiro atoms. The Labute approximate surface area is 79.9 Å². The Morgan fingerprint density at radius 3 is 1.75 bits per heavy atom. The minimum atomic E-state index is -4.37. The van der Waals surface area contributed by atoms with Gasteiger partial charge in [-0.15, -0.1) is 0 Å². The predicted molar refractivity (Wildman–Crippen MR) is 26.9 cm³/mol. The molecule has 0 aromatic carbocycles. The van der Waals surface area contributed by atoms with Gasteiger partial charge in [0, 0.05) is 19.5 Å². The van der Waals surface area contributed by atoms with Gasteiger partial charge in [-0.1, -0.05) is 0 Å². The molecule has 0 atom stereocenters. The van der Waals surface area contributed by atoms with Crippen LogP contribution >= 0.6 is 7.82 Å². The first-order valence-corrected chi connectivity index (χ1v) is 2.53. The number of hydrogen-bond acceptors (Lipinski definition) is 2. The first-order chi connectivity index (χ1) is 2.56. The molecule has 0 aliphatic heterocycles. The van der Waals surface area contributed by atoms with Crippen LogP contribution in [0.2, 0.25) is 0 Å². The van der Waals surface area contributed by atoms with E-state index in [-0.39, 0.29) is 45.4 Å². The summed E-state index contributed by atoms with van der Waals surface area (Å²) in [5.41, 5.74) is 0. The van der Waals surface area contributed by atoms with Crippen LogP contribution in [0.5, 0.6) is 0 Å². The number of rotatable bonds is 1. The predicted octanol–water partition coefficient (Wildman–Crippen LogP) is -0.979. The minimum absolute atomic E-state index is 0. The van der Waals surface area contributed by atoms with Crippen LogP contribution in [0, 0.1) is 0 Å². The molecule has 0 fully saturated rings. The van der Waals surface area contributed by atoms with E-state index in [9.17, 15) is 4.57 Å². The van der Waals surface area contributed by atoms with Crippen molar-refractivity contribution in [1.82, 2.24) is 0 Å². The maximum atomic E-state index is 9.35. The molecule has 0 aliphatic rings. The third kappa shape index (κ3) is 15.6. The van der Waals surface area contributed by atoms with Crippen molar-refractivity contribution in [2.75, 3.05) is 0 Å². The summed E-state index contributed by atoms with van der Waals surface area (Å²) in [6.07, 6.45) is 0. The van der Waals surface area contributed by atoms with Gasteiger partial charge in [0.25, 0.3) is 8.05 Å². The van der Waals surface area contributed by atoms with Gasteiger partial charge >= 0.3 is 30.9 Å². The SMILES string of the molecule is [B]OP(=O)(O)O.[H-].[H-].[Mg+2].[Zn]. The van der Waals surface area contributed by atoms with E-state index in [4.69, 9.17) is 9.79 Å². The molecule has 0 aliphatic carbocycles. The van der Waals surface area contributed by atoms with Crippen molar-refractivity contribution >= 4 is 38.9 Å². The number of hydrogen-bond donors (Lipinski definition) is 2. The Morgan fingerprint density at radius 2 is 1.75 bits per heavy atom. The zero-order valence-electron chi connectivity index (χ0n) is 6.15. The average Bonchev–Trinajstić information content (AvgIpc) is 1.35. The van der Waals surface area contributed by atoms with Gasteiger partial charge < -0.3 is 17.1 Å². The summed E-state index contributed by atoms with van der Waals surface area (Å²) >= 11 is 0. The monoisotopic (exact) mass is 198 g/mol. The average molecular weight is 200 g/mol. The van der Waals surface area contributed by atoms with Crippen molar-refractivity contribution in [3.63, 3.8) is 0 Å². The topological polar surface area (TPSA) is 66.8 Å². The summed E-state index contributed by atoms with van der Waals surface area (Å²) in [7, 11) is -0.326. The molecule has 0 unspecified atom stereocenters. The molecular weight excluding hydrogens is 195 g/mol. The van der Waals surface area contributed by atoms with Gasteiger partial charge in [-0.25, -0.2) is 4.57 Å². The molecule has 0 aromatic rings. The van der Waals surface area contributed by atoms with Crippen molar-refractivity contribution in [2.24, 2.45) is 0 Å². The largest absolute Gasteiger partial charge is 2.00 e. The van der Waals surface area contributed by atoms with E-state index in [1.807, 2.05) is 0 Å². The van der Waals surface area contributed by atoms with Crippen LogP contribution in [0.3, 0.4) is 0 Å². The van der Waals surface area contributed by atoms with Crippen LogP contribution in [0.15, 0.2) is 0 Å². The van der Waals surface area contributed by atoms with E-state index in [2.05, 4.69) is 12.5 Å². The van der Waals surface area contributed by atoms with E-state index >= 15 is 0 Å². The third-order valence-electron chi connectivity index (χ3n) is 0.137. The summed E-state index contributed by atoms with van der Waals surface area (Å²) in [5, 5.41) is 0. The van der Waals surface area contributed by atoms with E-state index in [1.54, 1.807) is 0 Å². The van der Waals surface area contributed by atoms with E-state index in [1.165, 1.54) is 0 Å². The zero-order valence-corrected chi connectivity index (χ0v) is 9.43. The molecule has 0 saturated carbocycles. The van der Waals surface area contributed by atoms with Crippen molar-refractivity contribution < 1.29 is 41.1 Å². The second-order valence-corrected chi connectivity index (χ2v) is 1.79. The first kappa shape index (κ1) is 16.3. The Hall–Kier alpha value is 1.56. The Morgan fingerprint density at radius 1 is 1.62 bits per heavy atom. The maximum absolute atomic E-state index is 9.35. The fourth-order valence-corrected chi connectivity index (χ4v) is 0. The molecule has 40 valence electrons. The summed E-state index contributed by atoms with van der Waals surface area (Å²) in [6, 6.07) is 0. The zero-order chi connectivity index (χ0) is 5.21. The molecule has 8 heteroatoms. The van der Waals surface area contributed by atoms with E-state index < -0.39 is 7.82 Å². The molecule has 0 bridgehead atoms. The summed E-state index contributed by atoms with van der Waals surface area (Å²) in [4.78, 5) is 15.2. The summed E-state index contributed by atoms with van der Waals surface area (Å²) in [5.74, 6) is 0. The Bertz CT molecular complexity index is 87.3. The smallest absolute Gasteiger partial charge is 1.00 e. The minimum Gasteiger partial charge on any atom is -1.00 e. The third-order valence-corrected chi connectivity index (χ3v) is 0.412. The van der Waals surface area contributed by atoms with Crippen LogP contribution < -0.4 is 0 Å². The van der Waals surface area contributed by atoms with Gasteiger partial charge in [-0.2, -0.15) is 0 Å². The van der Waals surface area contributed by atoms with E-state index in [0.29, 0.717) is 0 Å². The molecule has 0 heterocycles. The van der Waals surface area contributed by atoms with Crippen molar-refractivity contribution in [1.29, 1.82) is 0 Å². The van der Waals surface area contributed by atoms with Gasteiger partial charge in [-0.05, 0) is 0 Å². The van der Waals surface area contributed by atoms with Gasteiger partial charge in [0.1, 0.15) is 0 Å². The van der Waals surface area contributed by atoms with Crippen LogP contribution in [-0.4, -0.2) is 40.9 Å². The van der Waals surface area contributed by atoms with Crippen LogP contribution in [-0.2, 0) is 28.5 Å². The summed E-state index contributed by atoms with van der Waals surface area (Å²) in [6.45, 7) is 0. The van der Waals surface area contributed by atoms with Crippen molar-refractivity contribution in [3.05, 3.63) is 0 Å². The Kier molecular flexibility index (Phi) is 13.6. The second kappa shape index (κ2) is 6.68. The molecular formula is H4BMgO4PZn. The Balaban J connectivity index is -0.0000000208. The first-order valence-electron chi connectivity index (χ1n) is 1.00. The fraction of sp³-hybridized carbons (Fsp3) is 0. The molecule has 0 aromatic heterocycles. The molecule has 2 radical (unpaired) electrons. The van der Waals surface area contributed by atoms with Crippen LogP contribution in [0.1, 0.15) is 2.85 Å². The number of phosphoric acid groups is 1. The van der Waals surface area contributed by atoms with Gasteiger partial charge in [0.2, 0.25) is 0 Å². The standard InChI is InChI=1S/BH2O4P.Mg.Zn.2H/c1-5-6(2,3)4;;;;/h(H2,2,3,4);;;;/q;+2;;2*-1. The van der Waals surface area contributed by atoms with Gasteiger partial charge in [-0.3, -0.25) is 0 Å². The van der Waals surface area contributed by atoms with Gasteiger partial charge in [0.15, 0.2) is 0 Å². The quantitative estimate of drug-likeness (QED) is 0.421. The fourth-order valence-electron chi connectivity index (χ4n) is 0. The van der Waals surface area contributed by atoms with Crippen LogP contribution in [0.25, 0.3) is 0 Å². The maximum Gasteiger partial charge on any atom is 2.00 e. The molecule has 0 rings (SSSR count). The molecule has 0 saturated heterocycles. The van der Waals surface area contributed by atoms with Gasteiger partial charge in [0.05, 0.1) is 0 Å². The molecule has 4 nitrogen and oxygen atoms in total. The molecule has 8 heavy (non-hydrogen) atoms. The summed E-state index contributed by atoms with van der Waals surface area (Å²) < 4.78 is 12.5. The molecule has 0 amide bonds. The normalized spacial score (nSPS) is 8.75. The van der Waals surface area contributed by atoms with E-state index in [0.717, 1.165) is 0 Å².